The smallest absolute Gasteiger partial charge is 0.228 e. The van der Waals surface area contributed by atoms with Gasteiger partial charge in [0.15, 0.2) is 0 Å². The zero-order valence-corrected chi connectivity index (χ0v) is 13.6. The van der Waals surface area contributed by atoms with E-state index in [1.54, 1.807) is 0 Å². The molecule has 6 nitrogen and oxygen atoms in total. The molecule has 6 heteroatoms. The number of carbonyl (C=O) groups excluding carboxylic acids is 1. The van der Waals surface area contributed by atoms with Crippen molar-refractivity contribution in [2.45, 2.75) is 32.1 Å². The summed E-state index contributed by atoms with van der Waals surface area (Å²) in [6, 6.07) is 4.03. The number of carbonyl (C=O) groups is 1. The van der Waals surface area contributed by atoms with Gasteiger partial charge in [-0.2, -0.15) is 0 Å². The van der Waals surface area contributed by atoms with Crippen LogP contribution in [-0.2, 0) is 20.8 Å². The lowest BCUT2D eigenvalue weighted by molar-refractivity contribution is -0.142. The second-order valence-electron chi connectivity index (χ2n) is 6.78. The summed E-state index contributed by atoms with van der Waals surface area (Å²) in [6.07, 6.45) is 1.02. The van der Waals surface area contributed by atoms with E-state index in [0.717, 1.165) is 37.6 Å². The lowest BCUT2D eigenvalue weighted by Crippen LogP contribution is -2.48. The minimum absolute atomic E-state index is 0.00133. The average molecular weight is 320 g/mol. The Bertz CT molecular complexity index is 567. The first kappa shape index (κ1) is 15.2. The van der Waals surface area contributed by atoms with E-state index in [-0.39, 0.29) is 24.0 Å². The summed E-state index contributed by atoms with van der Waals surface area (Å²) in [6.45, 7) is 7.16. The van der Waals surface area contributed by atoms with Crippen molar-refractivity contribution < 1.29 is 18.7 Å². The molecule has 3 fully saturated rings. The maximum Gasteiger partial charge on any atom is 0.228 e. The second kappa shape index (κ2) is 6.26. The Hall–Kier alpha value is -1.37. The van der Waals surface area contributed by atoms with Gasteiger partial charge < -0.3 is 18.8 Å². The largest absolute Gasteiger partial charge is 0.465 e. The number of rotatable bonds is 3. The van der Waals surface area contributed by atoms with Crippen molar-refractivity contribution in [2.75, 3.05) is 39.4 Å². The van der Waals surface area contributed by atoms with Crippen LogP contribution in [0.1, 0.15) is 17.9 Å². The monoisotopic (exact) mass is 320 g/mol. The highest BCUT2D eigenvalue weighted by atomic mass is 16.5. The van der Waals surface area contributed by atoms with Gasteiger partial charge in [-0.25, -0.2) is 0 Å². The molecule has 1 aromatic heterocycles. The van der Waals surface area contributed by atoms with Gasteiger partial charge in [-0.1, -0.05) is 0 Å². The topological polar surface area (TPSA) is 55.2 Å². The van der Waals surface area contributed by atoms with Gasteiger partial charge in [0.25, 0.3) is 0 Å². The fourth-order valence-electron chi connectivity index (χ4n) is 3.94. The third kappa shape index (κ3) is 3.16. The highest BCUT2D eigenvalue weighted by Gasteiger charge is 2.46. The molecular formula is C17H24N2O4. The molecule has 3 aliphatic rings. The van der Waals surface area contributed by atoms with Gasteiger partial charge in [0.1, 0.15) is 11.5 Å². The summed E-state index contributed by atoms with van der Waals surface area (Å²) < 4.78 is 17.1. The van der Waals surface area contributed by atoms with Crippen molar-refractivity contribution in [2.24, 2.45) is 5.92 Å². The van der Waals surface area contributed by atoms with Crippen LogP contribution in [-0.4, -0.2) is 67.3 Å². The first-order valence-corrected chi connectivity index (χ1v) is 8.49. The van der Waals surface area contributed by atoms with Gasteiger partial charge in [0.05, 0.1) is 37.9 Å². The van der Waals surface area contributed by atoms with Crippen molar-refractivity contribution in [3.8, 4) is 0 Å². The van der Waals surface area contributed by atoms with E-state index in [4.69, 9.17) is 13.9 Å². The fourth-order valence-corrected chi connectivity index (χ4v) is 3.94. The van der Waals surface area contributed by atoms with Gasteiger partial charge in [-0.15, -0.1) is 0 Å². The maximum absolute atomic E-state index is 12.8. The molecule has 3 aliphatic heterocycles. The van der Waals surface area contributed by atoms with Crippen LogP contribution in [0, 0.1) is 12.8 Å². The molecule has 0 saturated carbocycles. The fraction of sp³-hybridized carbons (Fsp3) is 0.706. The van der Waals surface area contributed by atoms with Crippen molar-refractivity contribution in [3.05, 3.63) is 23.7 Å². The quantitative estimate of drug-likeness (QED) is 0.833. The average Bonchev–Trinajstić information content (AvgIpc) is 3.10. The van der Waals surface area contributed by atoms with E-state index < -0.39 is 0 Å². The van der Waals surface area contributed by atoms with Crippen LogP contribution in [0.4, 0.5) is 0 Å². The zero-order valence-electron chi connectivity index (χ0n) is 13.6. The highest BCUT2D eigenvalue weighted by Crippen LogP contribution is 2.34. The Balaban J connectivity index is 1.39. The number of ether oxygens (including phenoxy) is 2. The number of morpholine rings is 2. The van der Waals surface area contributed by atoms with E-state index >= 15 is 0 Å². The normalized spacial score (nSPS) is 31.5. The molecule has 0 unspecified atom stereocenters. The van der Waals surface area contributed by atoms with Gasteiger partial charge in [0, 0.05) is 26.2 Å². The molecule has 0 aliphatic carbocycles. The molecule has 1 amide bonds. The molecule has 4 heterocycles. The molecule has 23 heavy (non-hydrogen) atoms. The van der Waals surface area contributed by atoms with Crippen molar-refractivity contribution in [1.29, 1.82) is 0 Å². The molecule has 0 radical (unpaired) electrons. The van der Waals surface area contributed by atoms with Crippen LogP contribution in [0.5, 0.6) is 0 Å². The van der Waals surface area contributed by atoms with Gasteiger partial charge >= 0.3 is 0 Å². The molecule has 3 atom stereocenters. The molecule has 3 saturated heterocycles. The molecule has 126 valence electrons. The van der Waals surface area contributed by atoms with Gasteiger partial charge in [0.2, 0.25) is 5.91 Å². The molecule has 0 N–H and O–H groups in total. The first-order valence-electron chi connectivity index (χ1n) is 8.49. The Morgan fingerprint density at radius 1 is 1.26 bits per heavy atom. The molecular weight excluding hydrogens is 296 g/mol. The second-order valence-corrected chi connectivity index (χ2v) is 6.78. The SMILES string of the molecule is Cc1ccc(CN2C[C@H]3C[C@@H](C(=O)N4CCOCC4)[C@@H](C2)O3)o1. The predicted molar refractivity (Wildman–Crippen MR) is 82.9 cm³/mol. The van der Waals surface area contributed by atoms with E-state index in [9.17, 15) is 4.79 Å². The van der Waals surface area contributed by atoms with Gasteiger partial charge in [-0.05, 0) is 25.5 Å². The van der Waals surface area contributed by atoms with Crippen LogP contribution in [0.3, 0.4) is 0 Å². The lowest BCUT2D eigenvalue weighted by Gasteiger charge is -2.33. The van der Waals surface area contributed by atoms with Crippen molar-refractivity contribution >= 4 is 5.91 Å². The number of hydrogen-bond acceptors (Lipinski definition) is 5. The third-order valence-corrected chi connectivity index (χ3v) is 5.05. The van der Waals surface area contributed by atoms with Crippen molar-refractivity contribution in [1.82, 2.24) is 9.80 Å². The van der Waals surface area contributed by atoms with Crippen LogP contribution < -0.4 is 0 Å². The number of hydrogen-bond donors (Lipinski definition) is 0. The van der Waals surface area contributed by atoms with Crippen LogP contribution >= 0.6 is 0 Å². The highest BCUT2D eigenvalue weighted by molar-refractivity contribution is 5.80. The lowest BCUT2D eigenvalue weighted by atomic mass is 9.98. The minimum atomic E-state index is 0.00133. The van der Waals surface area contributed by atoms with Crippen LogP contribution in [0.2, 0.25) is 0 Å². The molecule has 0 spiro atoms. The van der Waals surface area contributed by atoms with E-state index in [0.29, 0.717) is 26.3 Å². The maximum atomic E-state index is 12.8. The van der Waals surface area contributed by atoms with E-state index in [2.05, 4.69) is 4.90 Å². The molecule has 2 bridgehead atoms. The summed E-state index contributed by atoms with van der Waals surface area (Å²) in [5, 5.41) is 0. The Morgan fingerprint density at radius 3 is 2.83 bits per heavy atom. The summed E-state index contributed by atoms with van der Waals surface area (Å²) >= 11 is 0. The molecule has 0 aromatic carbocycles. The number of furan rings is 1. The number of nitrogens with zero attached hydrogens (tertiary/aromatic N) is 2. The zero-order chi connectivity index (χ0) is 15.8. The van der Waals surface area contributed by atoms with Crippen molar-refractivity contribution in [3.63, 3.8) is 0 Å². The number of aryl methyl sites for hydroxylation is 1. The summed E-state index contributed by atoms with van der Waals surface area (Å²) in [5.74, 6) is 2.18. The predicted octanol–water partition coefficient (Wildman–Crippen LogP) is 1.04. The third-order valence-electron chi connectivity index (χ3n) is 5.05. The number of fused-ring (bicyclic) bond motifs is 2. The number of amides is 1. The molecule has 1 aromatic rings. The Kier molecular flexibility index (Phi) is 4.13. The van der Waals surface area contributed by atoms with E-state index in [1.165, 1.54) is 0 Å². The Labute approximate surface area is 136 Å². The Morgan fingerprint density at radius 2 is 2.09 bits per heavy atom. The van der Waals surface area contributed by atoms with E-state index in [1.807, 2.05) is 24.0 Å². The summed E-state index contributed by atoms with van der Waals surface area (Å²) in [4.78, 5) is 17.1. The molecule has 4 rings (SSSR count). The standard InChI is InChI=1S/C17H24N2O4/c1-12-2-3-13(22-12)9-18-10-14-8-15(16(11-18)23-14)17(20)19-4-6-21-7-5-19/h2-3,14-16H,4-11H2,1H3/t14-,15-,16-/m1/s1. The summed E-state index contributed by atoms with van der Waals surface area (Å²) in [7, 11) is 0. The summed E-state index contributed by atoms with van der Waals surface area (Å²) in [5.41, 5.74) is 0. The van der Waals surface area contributed by atoms with Gasteiger partial charge in [-0.3, -0.25) is 9.69 Å². The minimum Gasteiger partial charge on any atom is -0.465 e. The number of likely N-dealkylation sites (tertiary alicyclic amines) is 1. The van der Waals surface area contributed by atoms with Crippen LogP contribution in [0.15, 0.2) is 16.5 Å². The first-order chi connectivity index (χ1) is 11.2. The van der Waals surface area contributed by atoms with Crippen LogP contribution in [0.25, 0.3) is 0 Å².